The average molecular weight is 654 g/mol. The third kappa shape index (κ3) is 5.84. The summed E-state index contributed by atoms with van der Waals surface area (Å²) in [4.78, 5) is 35.7. The van der Waals surface area contributed by atoms with Crippen LogP contribution in [0.2, 0.25) is 0 Å². The Hall–Kier alpha value is -4.73. The molecule has 0 bridgehead atoms. The van der Waals surface area contributed by atoms with Crippen molar-refractivity contribution in [2.75, 3.05) is 0 Å². The fraction of sp³-hybridized carbons (Fsp3) is 0.370. The number of aliphatic hydroxyl groups is 6. The van der Waals surface area contributed by atoms with Gasteiger partial charge in [-0.3, -0.25) is 4.79 Å². The highest BCUT2D eigenvalue weighted by Crippen LogP contribution is 2.42. The van der Waals surface area contributed by atoms with Crippen LogP contribution in [0.15, 0.2) is 39.5 Å². The first-order valence-electron chi connectivity index (χ1n) is 13.1. The van der Waals surface area contributed by atoms with Gasteiger partial charge in [0.05, 0.1) is 0 Å². The topological polar surface area (TPSA) is 324 Å². The molecule has 0 amide bonds. The average Bonchev–Trinajstić information content (AvgIpc) is 2.98. The molecule has 10 atom stereocenters. The number of phenols is 3. The van der Waals surface area contributed by atoms with Crippen molar-refractivity contribution >= 4 is 22.9 Å². The molecular weight excluding hydrogens is 628 g/mol. The van der Waals surface area contributed by atoms with Crippen molar-refractivity contribution in [1.82, 2.24) is 0 Å². The lowest BCUT2D eigenvalue weighted by Crippen LogP contribution is -2.61. The van der Waals surface area contributed by atoms with Gasteiger partial charge in [0.15, 0.2) is 29.1 Å². The van der Waals surface area contributed by atoms with Gasteiger partial charge >= 0.3 is 11.9 Å². The second kappa shape index (κ2) is 12.2. The third-order valence-electron chi connectivity index (χ3n) is 7.24. The van der Waals surface area contributed by atoms with Crippen LogP contribution >= 0.6 is 0 Å². The van der Waals surface area contributed by atoms with Gasteiger partial charge in [0.2, 0.25) is 18.3 Å². The highest BCUT2D eigenvalue weighted by atomic mass is 16.7. The van der Waals surface area contributed by atoms with Crippen LogP contribution in [0.3, 0.4) is 0 Å². The molecule has 1 aromatic heterocycles. The van der Waals surface area contributed by atoms with Gasteiger partial charge in [-0.2, -0.15) is 0 Å². The predicted octanol–water partition coefficient (Wildman–Crippen LogP) is -2.88. The number of fused-ring (bicyclic) bond motifs is 1. The molecule has 0 aliphatic carbocycles. The van der Waals surface area contributed by atoms with E-state index in [4.69, 9.17) is 23.4 Å². The zero-order valence-electron chi connectivity index (χ0n) is 22.8. The number of hydrogen-bond acceptors (Lipinski definition) is 17. The van der Waals surface area contributed by atoms with Crippen molar-refractivity contribution in [3.8, 4) is 40.1 Å². The van der Waals surface area contributed by atoms with E-state index in [2.05, 4.69) is 0 Å². The van der Waals surface area contributed by atoms with Crippen LogP contribution in [-0.4, -0.2) is 130 Å². The maximum absolute atomic E-state index is 13.0. The van der Waals surface area contributed by atoms with E-state index in [0.717, 1.165) is 30.3 Å². The Morgan fingerprint density at radius 3 is 1.74 bits per heavy atom. The van der Waals surface area contributed by atoms with Crippen LogP contribution in [-0.2, 0) is 19.1 Å². The molecule has 2 fully saturated rings. The van der Waals surface area contributed by atoms with Crippen molar-refractivity contribution in [2.24, 2.45) is 0 Å². The van der Waals surface area contributed by atoms with Gasteiger partial charge in [0, 0.05) is 23.8 Å². The summed E-state index contributed by atoms with van der Waals surface area (Å²) in [6.07, 6.45) is -20.0. The van der Waals surface area contributed by atoms with E-state index < -0.39 is 102 Å². The SMILES string of the molecule is O=C(O)[C@@H]1O[C@@H](Oc2cc(O)c3c(=O)cc(-c4cc(O)c(O)c(O[C@@H]5O[C@@H](C(=O)O)[C@@H](O)[C@H](O)[C@H]5O)c4)oc3c2)[C@H](O)[C@@H](O)[C@@H]1O. The quantitative estimate of drug-likeness (QED) is 0.114. The summed E-state index contributed by atoms with van der Waals surface area (Å²) in [6.45, 7) is 0. The fourth-order valence-electron chi connectivity index (χ4n) is 4.84. The van der Waals surface area contributed by atoms with Crippen LogP contribution in [0.1, 0.15) is 0 Å². The molecule has 3 heterocycles. The molecule has 0 unspecified atom stereocenters. The lowest BCUT2D eigenvalue weighted by Gasteiger charge is -2.38. The number of aromatic hydroxyl groups is 3. The van der Waals surface area contributed by atoms with Gasteiger partial charge in [-0.05, 0) is 12.1 Å². The number of ether oxygens (including phenoxy) is 4. The Morgan fingerprint density at radius 1 is 0.652 bits per heavy atom. The molecule has 5 rings (SSSR count). The molecule has 2 aromatic carbocycles. The Bertz CT molecular complexity index is 1720. The maximum Gasteiger partial charge on any atom is 0.335 e. The van der Waals surface area contributed by atoms with Crippen LogP contribution in [0.25, 0.3) is 22.3 Å². The molecule has 19 nitrogen and oxygen atoms in total. The summed E-state index contributed by atoms with van der Waals surface area (Å²) in [5.41, 5.74) is -1.40. The van der Waals surface area contributed by atoms with Crippen molar-refractivity contribution in [3.63, 3.8) is 0 Å². The van der Waals surface area contributed by atoms with E-state index >= 15 is 0 Å². The fourth-order valence-corrected chi connectivity index (χ4v) is 4.84. The number of benzene rings is 2. The minimum absolute atomic E-state index is 0.178. The summed E-state index contributed by atoms with van der Waals surface area (Å²) in [5, 5.41) is 110. The minimum atomic E-state index is -2.05. The summed E-state index contributed by atoms with van der Waals surface area (Å²) >= 11 is 0. The summed E-state index contributed by atoms with van der Waals surface area (Å²) < 4.78 is 26.5. The number of hydrogen-bond donors (Lipinski definition) is 11. The molecule has 2 saturated heterocycles. The number of carboxylic acid groups (broad SMARTS) is 2. The number of aliphatic carboxylic acids is 2. The largest absolute Gasteiger partial charge is 0.507 e. The van der Waals surface area contributed by atoms with E-state index in [1.54, 1.807) is 0 Å². The number of carboxylic acids is 2. The first kappa shape index (κ1) is 32.7. The Morgan fingerprint density at radius 2 is 1.20 bits per heavy atom. The number of aliphatic hydroxyl groups excluding tert-OH is 6. The molecule has 0 spiro atoms. The molecule has 248 valence electrons. The van der Waals surface area contributed by atoms with Crippen molar-refractivity contribution in [1.29, 1.82) is 0 Å². The van der Waals surface area contributed by atoms with Gasteiger partial charge in [0.1, 0.15) is 64.9 Å². The van der Waals surface area contributed by atoms with Crippen LogP contribution in [0.4, 0.5) is 0 Å². The Labute approximate surface area is 254 Å². The summed E-state index contributed by atoms with van der Waals surface area (Å²) in [7, 11) is 0. The number of rotatable bonds is 7. The molecule has 11 N–H and O–H groups in total. The first-order valence-corrected chi connectivity index (χ1v) is 13.1. The zero-order chi connectivity index (χ0) is 33.8. The van der Waals surface area contributed by atoms with Gasteiger partial charge in [-0.15, -0.1) is 0 Å². The minimum Gasteiger partial charge on any atom is -0.507 e. The first-order chi connectivity index (χ1) is 21.6. The molecule has 0 radical (unpaired) electrons. The second-order valence-corrected chi connectivity index (χ2v) is 10.3. The third-order valence-corrected chi connectivity index (χ3v) is 7.24. The van der Waals surface area contributed by atoms with E-state index in [1.165, 1.54) is 0 Å². The molecule has 3 aromatic rings. The number of carbonyl (C=O) groups is 2. The lowest BCUT2D eigenvalue weighted by atomic mass is 9.99. The molecule has 2 aliphatic heterocycles. The van der Waals surface area contributed by atoms with Crippen molar-refractivity contribution in [3.05, 3.63) is 40.6 Å². The van der Waals surface area contributed by atoms with Gasteiger partial charge in [0.25, 0.3) is 0 Å². The number of phenolic OH excluding ortho intramolecular Hbond substituents is 3. The van der Waals surface area contributed by atoms with Gasteiger partial charge < -0.3 is 79.5 Å². The summed E-state index contributed by atoms with van der Waals surface area (Å²) in [5.74, 6) is -7.26. The van der Waals surface area contributed by atoms with Crippen molar-refractivity contribution in [2.45, 2.75) is 61.4 Å². The van der Waals surface area contributed by atoms with Gasteiger partial charge in [-0.25, -0.2) is 9.59 Å². The normalized spacial score (nSPS) is 31.3. The van der Waals surface area contributed by atoms with E-state index in [0.29, 0.717) is 0 Å². The Balaban J connectivity index is 1.49. The second-order valence-electron chi connectivity index (χ2n) is 10.3. The summed E-state index contributed by atoms with van der Waals surface area (Å²) in [6, 6.07) is 4.66. The molecule has 46 heavy (non-hydrogen) atoms. The van der Waals surface area contributed by atoms with Crippen LogP contribution in [0.5, 0.6) is 28.7 Å². The molecule has 0 saturated carbocycles. The molecule has 2 aliphatic rings. The van der Waals surface area contributed by atoms with E-state index in [1.807, 2.05) is 0 Å². The monoisotopic (exact) mass is 654 g/mol. The highest BCUT2D eigenvalue weighted by Gasteiger charge is 2.49. The predicted molar refractivity (Wildman–Crippen MR) is 143 cm³/mol. The highest BCUT2D eigenvalue weighted by molar-refractivity contribution is 5.86. The lowest BCUT2D eigenvalue weighted by molar-refractivity contribution is -0.271. The standard InChI is InChI=1S/C27H26O19/c28-8-3-7(42-26-20(36)16(32)18(34)22(45-26)24(38)39)4-12-14(8)9(29)5-11(43-12)6-1-10(30)15(31)13(2-6)44-27-21(37)17(33)19(35)23(46-27)25(40)41/h1-5,16-23,26-28,30-37H,(H,38,39)(H,40,41)/t16-,17-,18-,19-,20+,21+,22+,23+,26+,27+/m0/s1. The van der Waals surface area contributed by atoms with Gasteiger partial charge in [-0.1, -0.05) is 0 Å². The van der Waals surface area contributed by atoms with Crippen molar-refractivity contribution < 1.29 is 89.1 Å². The Kier molecular flexibility index (Phi) is 8.68. The maximum atomic E-state index is 13.0. The van der Waals surface area contributed by atoms with Crippen LogP contribution < -0.4 is 14.9 Å². The van der Waals surface area contributed by atoms with E-state index in [-0.39, 0.29) is 28.0 Å². The molecule has 19 heteroatoms. The smallest absolute Gasteiger partial charge is 0.335 e. The zero-order valence-corrected chi connectivity index (χ0v) is 22.8. The molecular formula is C27H26O19. The van der Waals surface area contributed by atoms with Crippen LogP contribution in [0, 0.1) is 0 Å². The van der Waals surface area contributed by atoms with E-state index in [9.17, 15) is 70.6 Å².